The fourth-order valence-electron chi connectivity index (χ4n) is 2.19. The highest BCUT2D eigenvalue weighted by atomic mass is 35.5. The first-order valence-electron chi connectivity index (χ1n) is 7.58. The zero-order chi connectivity index (χ0) is 17.6. The summed E-state index contributed by atoms with van der Waals surface area (Å²) in [6, 6.07) is 17.9. The largest absolute Gasteiger partial charge is 0.497 e. The zero-order valence-corrected chi connectivity index (χ0v) is 14.2. The first-order valence-corrected chi connectivity index (χ1v) is 7.96. The topological polar surface area (TPSA) is 63.2 Å². The summed E-state index contributed by atoms with van der Waals surface area (Å²) < 4.78 is 5.14. The van der Waals surface area contributed by atoms with Crippen LogP contribution in [0.1, 0.15) is 10.4 Å². The number of rotatable bonds is 5. The smallest absolute Gasteiger partial charge is 0.257 e. The first-order chi connectivity index (χ1) is 12.1. The summed E-state index contributed by atoms with van der Waals surface area (Å²) in [5.41, 5.74) is 1.99. The van der Waals surface area contributed by atoms with E-state index in [1.165, 1.54) is 6.20 Å². The van der Waals surface area contributed by atoms with Crippen LogP contribution in [0.4, 0.5) is 17.2 Å². The Kier molecular flexibility index (Phi) is 5.16. The molecule has 1 heterocycles. The molecule has 0 aliphatic heterocycles. The molecule has 2 aromatic carbocycles. The first kappa shape index (κ1) is 16.8. The number of pyridine rings is 1. The molecule has 0 saturated heterocycles. The summed E-state index contributed by atoms with van der Waals surface area (Å²) in [5.74, 6) is 1.08. The van der Waals surface area contributed by atoms with E-state index in [0.29, 0.717) is 27.8 Å². The Balaban J connectivity index is 1.66. The number of amides is 1. The number of benzene rings is 2. The minimum Gasteiger partial charge on any atom is -0.497 e. The Morgan fingerprint density at radius 3 is 2.52 bits per heavy atom. The van der Waals surface area contributed by atoms with Crippen LogP contribution >= 0.6 is 11.6 Å². The summed E-state index contributed by atoms with van der Waals surface area (Å²) in [4.78, 5) is 16.6. The fraction of sp³-hybridized carbons (Fsp3) is 0.0526. The van der Waals surface area contributed by atoms with Crippen molar-refractivity contribution in [3.8, 4) is 5.75 Å². The molecule has 0 aliphatic rings. The number of anilines is 3. The van der Waals surface area contributed by atoms with E-state index in [1.54, 1.807) is 43.5 Å². The number of hydrogen-bond donors (Lipinski definition) is 2. The van der Waals surface area contributed by atoms with E-state index in [0.717, 1.165) is 5.69 Å². The van der Waals surface area contributed by atoms with Crippen LogP contribution in [-0.4, -0.2) is 18.0 Å². The van der Waals surface area contributed by atoms with Gasteiger partial charge in [0.15, 0.2) is 0 Å². The molecule has 0 saturated carbocycles. The summed E-state index contributed by atoms with van der Waals surface area (Å²) in [7, 11) is 1.58. The van der Waals surface area contributed by atoms with Gasteiger partial charge in [-0.1, -0.05) is 17.7 Å². The van der Waals surface area contributed by atoms with Crippen molar-refractivity contribution in [2.75, 3.05) is 17.7 Å². The monoisotopic (exact) mass is 353 g/mol. The molecule has 2 N–H and O–H groups in total. The van der Waals surface area contributed by atoms with Gasteiger partial charge >= 0.3 is 0 Å². The van der Waals surface area contributed by atoms with Gasteiger partial charge in [-0.05, 0) is 48.5 Å². The molecule has 1 aromatic heterocycles. The number of ether oxygens (including phenoxy) is 1. The van der Waals surface area contributed by atoms with Crippen LogP contribution in [0.15, 0.2) is 66.9 Å². The zero-order valence-electron chi connectivity index (χ0n) is 13.5. The van der Waals surface area contributed by atoms with Gasteiger partial charge in [-0.25, -0.2) is 4.98 Å². The normalized spacial score (nSPS) is 10.2. The Hall–Kier alpha value is -3.05. The number of nitrogens with zero attached hydrogens (tertiary/aromatic N) is 1. The van der Waals surface area contributed by atoms with Gasteiger partial charge in [0.05, 0.1) is 12.7 Å². The quantitative estimate of drug-likeness (QED) is 0.695. The van der Waals surface area contributed by atoms with Crippen molar-refractivity contribution >= 4 is 34.7 Å². The van der Waals surface area contributed by atoms with Gasteiger partial charge < -0.3 is 15.4 Å². The molecule has 0 aliphatic carbocycles. The molecule has 25 heavy (non-hydrogen) atoms. The standard InChI is InChI=1S/C19H16ClN3O2/c1-25-17-4-2-3-16(11-17)23-19(24)13-5-10-18(21-12-13)22-15-8-6-14(20)7-9-15/h2-12H,1H3,(H,21,22)(H,23,24). The highest BCUT2D eigenvalue weighted by Crippen LogP contribution is 2.19. The SMILES string of the molecule is COc1cccc(NC(=O)c2ccc(Nc3ccc(Cl)cc3)nc2)c1. The van der Waals surface area contributed by atoms with E-state index < -0.39 is 0 Å². The van der Waals surface area contributed by atoms with Gasteiger partial charge in [0.25, 0.3) is 5.91 Å². The summed E-state index contributed by atoms with van der Waals surface area (Å²) in [6.45, 7) is 0. The van der Waals surface area contributed by atoms with Gasteiger partial charge in [0.2, 0.25) is 0 Å². The lowest BCUT2D eigenvalue weighted by molar-refractivity contribution is 0.102. The number of carbonyl (C=O) groups is 1. The van der Waals surface area contributed by atoms with Crippen molar-refractivity contribution in [1.29, 1.82) is 0 Å². The Morgan fingerprint density at radius 1 is 1.04 bits per heavy atom. The van der Waals surface area contributed by atoms with Crippen LogP contribution in [0, 0.1) is 0 Å². The van der Waals surface area contributed by atoms with Gasteiger partial charge in [-0.15, -0.1) is 0 Å². The second-order valence-electron chi connectivity index (χ2n) is 5.25. The Labute approximate surface area is 150 Å². The Bertz CT molecular complexity index is 865. The lowest BCUT2D eigenvalue weighted by atomic mass is 10.2. The summed E-state index contributed by atoms with van der Waals surface area (Å²) in [6.07, 6.45) is 1.52. The van der Waals surface area contributed by atoms with E-state index in [4.69, 9.17) is 16.3 Å². The maximum atomic E-state index is 12.3. The van der Waals surface area contributed by atoms with Gasteiger partial charge in [-0.2, -0.15) is 0 Å². The van der Waals surface area contributed by atoms with Gasteiger partial charge in [0, 0.05) is 28.7 Å². The average molecular weight is 354 g/mol. The summed E-state index contributed by atoms with van der Waals surface area (Å²) >= 11 is 5.86. The van der Waals surface area contributed by atoms with Crippen LogP contribution in [0.5, 0.6) is 5.75 Å². The number of methoxy groups -OCH3 is 1. The van der Waals surface area contributed by atoms with Crippen molar-refractivity contribution < 1.29 is 9.53 Å². The van der Waals surface area contributed by atoms with Crippen molar-refractivity contribution in [2.24, 2.45) is 0 Å². The fourth-order valence-corrected chi connectivity index (χ4v) is 2.31. The Morgan fingerprint density at radius 2 is 1.84 bits per heavy atom. The maximum Gasteiger partial charge on any atom is 0.257 e. The van der Waals surface area contributed by atoms with E-state index in [1.807, 2.05) is 24.3 Å². The van der Waals surface area contributed by atoms with Crippen LogP contribution in [-0.2, 0) is 0 Å². The van der Waals surface area contributed by atoms with Crippen LogP contribution in [0.3, 0.4) is 0 Å². The third-order valence-electron chi connectivity index (χ3n) is 3.47. The molecule has 5 nitrogen and oxygen atoms in total. The molecule has 3 rings (SSSR count). The van der Waals surface area contributed by atoms with E-state index in [2.05, 4.69) is 15.6 Å². The lowest BCUT2D eigenvalue weighted by Gasteiger charge is -2.08. The molecular weight excluding hydrogens is 338 g/mol. The molecule has 1 amide bonds. The molecule has 126 valence electrons. The molecule has 6 heteroatoms. The van der Waals surface area contributed by atoms with Gasteiger partial charge in [-0.3, -0.25) is 4.79 Å². The number of nitrogens with one attached hydrogen (secondary N) is 2. The molecule has 0 spiro atoms. The lowest BCUT2D eigenvalue weighted by Crippen LogP contribution is -2.12. The molecular formula is C19H16ClN3O2. The van der Waals surface area contributed by atoms with E-state index in [-0.39, 0.29) is 5.91 Å². The van der Waals surface area contributed by atoms with E-state index in [9.17, 15) is 4.79 Å². The van der Waals surface area contributed by atoms with Crippen LogP contribution in [0.2, 0.25) is 5.02 Å². The number of aromatic nitrogens is 1. The van der Waals surface area contributed by atoms with Crippen molar-refractivity contribution in [2.45, 2.75) is 0 Å². The predicted octanol–water partition coefficient (Wildman–Crippen LogP) is 4.74. The molecule has 0 bridgehead atoms. The highest BCUT2D eigenvalue weighted by Gasteiger charge is 2.07. The molecule has 3 aromatic rings. The molecule has 0 atom stereocenters. The number of hydrogen-bond acceptors (Lipinski definition) is 4. The van der Waals surface area contributed by atoms with Crippen molar-refractivity contribution in [3.63, 3.8) is 0 Å². The van der Waals surface area contributed by atoms with E-state index >= 15 is 0 Å². The molecule has 0 unspecified atom stereocenters. The van der Waals surface area contributed by atoms with Crippen molar-refractivity contribution in [3.05, 3.63) is 77.4 Å². The maximum absolute atomic E-state index is 12.3. The second kappa shape index (κ2) is 7.68. The molecule has 0 fully saturated rings. The third-order valence-corrected chi connectivity index (χ3v) is 3.72. The van der Waals surface area contributed by atoms with Crippen LogP contribution in [0.25, 0.3) is 0 Å². The van der Waals surface area contributed by atoms with Crippen molar-refractivity contribution in [1.82, 2.24) is 4.98 Å². The van der Waals surface area contributed by atoms with Gasteiger partial charge in [0.1, 0.15) is 11.6 Å². The third kappa shape index (κ3) is 4.49. The van der Waals surface area contributed by atoms with Crippen LogP contribution < -0.4 is 15.4 Å². The number of carbonyl (C=O) groups excluding carboxylic acids is 1. The molecule has 0 radical (unpaired) electrons. The summed E-state index contributed by atoms with van der Waals surface area (Å²) in [5, 5.41) is 6.63. The highest BCUT2D eigenvalue weighted by molar-refractivity contribution is 6.30. The average Bonchev–Trinajstić information content (AvgIpc) is 2.64. The minimum atomic E-state index is -0.237. The predicted molar refractivity (Wildman–Crippen MR) is 99.9 cm³/mol. The minimum absolute atomic E-state index is 0.237. The number of halogens is 1. The second-order valence-corrected chi connectivity index (χ2v) is 5.69.